The van der Waals surface area contributed by atoms with Gasteiger partial charge in [-0.05, 0) is 39.0 Å². The number of carbonyl (C=O) groups is 3. The molecule has 9 heteroatoms. The van der Waals surface area contributed by atoms with Crippen LogP contribution in [0.25, 0.3) is 0 Å². The second kappa shape index (κ2) is 12.2. The number of likely N-dealkylation sites (tertiary alicyclic amines) is 1. The average Bonchev–Trinajstić information content (AvgIpc) is 3.44. The van der Waals surface area contributed by atoms with Crippen molar-refractivity contribution in [1.82, 2.24) is 9.80 Å². The normalized spacial score (nSPS) is 32.2. The van der Waals surface area contributed by atoms with Crippen molar-refractivity contribution in [3.05, 3.63) is 25.3 Å². The van der Waals surface area contributed by atoms with Crippen molar-refractivity contribution in [3.63, 3.8) is 0 Å². The number of rotatable bonds is 14. The molecule has 1 spiro atoms. The van der Waals surface area contributed by atoms with Crippen molar-refractivity contribution < 1.29 is 29.0 Å². The number of halogens is 1. The Morgan fingerprint density at radius 3 is 2.67 bits per heavy atom. The summed E-state index contributed by atoms with van der Waals surface area (Å²) in [5.74, 6) is -2.65. The molecule has 8 nitrogen and oxygen atoms in total. The molecule has 3 rings (SSSR count). The highest BCUT2D eigenvalue weighted by molar-refractivity contribution is 9.09. The molecule has 36 heavy (non-hydrogen) atoms. The minimum Gasteiger partial charge on any atom is -0.465 e. The van der Waals surface area contributed by atoms with E-state index in [1.54, 1.807) is 17.1 Å². The van der Waals surface area contributed by atoms with Crippen LogP contribution >= 0.6 is 15.9 Å². The van der Waals surface area contributed by atoms with E-state index in [1.807, 2.05) is 13.8 Å². The van der Waals surface area contributed by atoms with Crippen molar-refractivity contribution in [2.24, 2.45) is 11.8 Å². The Bertz CT molecular complexity index is 848. The Labute approximate surface area is 223 Å². The molecule has 0 radical (unpaired) electrons. The summed E-state index contributed by atoms with van der Waals surface area (Å²) in [6, 6.07) is -1.56. The molecule has 4 unspecified atom stereocenters. The molecule has 0 aromatic rings. The van der Waals surface area contributed by atoms with Gasteiger partial charge >= 0.3 is 5.97 Å². The zero-order chi connectivity index (χ0) is 26.6. The maximum Gasteiger partial charge on any atom is 0.312 e. The third kappa shape index (κ3) is 4.90. The second-order valence-electron chi connectivity index (χ2n) is 10.2. The van der Waals surface area contributed by atoms with E-state index in [1.165, 1.54) is 4.90 Å². The summed E-state index contributed by atoms with van der Waals surface area (Å²) in [6.45, 7) is 13.7. The molecular formula is C27H41BrN2O6. The first-order chi connectivity index (χ1) is 17.2. The molecule has 202 valence electrons. The second-order valence-corrected chi connectivity index (χ2v) is 11.3. The molecule has 1 N–H and O–H groups in total. The third-order valence-corrected chi connectivity index (χ3v) is 8.80. The monoisotopic (exact) mass is 568 g/mol. The van der Waals surface area contributed by atoms with E-state index in [2.05, 4.69) is 36.0 Å². The van der Waals surface area contributed by atoms with Crippen LogP contribution in [0.2, 0.25) is 0 Å². The number of hydrogen-bond acceptors (Lipinski definition) is 6. The molecule has 0 aliphatic carbocycles. The number of allylic oxidation sites excluding steroid dienone is 1. The largest absolute Gasteiger partial charge is 0.465 e. The van der Waals surface area contributed by atoms with Crippen LogP contribution in [0.1, 0.15) is 59.3 Å². The highest BCUT2D eigenvalue weighted by Crippen LogP contribution is 2.60. The van der Waals surface area contributed by atoms with Crippen molar-refractivity contribution >= 4 is 33.7 Å². The topological polar surface area (TPSA) is 96.4 Å². The van der Waals surface area contributed by atoms with Gasteiger partial charge in [0.1, 0.15) is 11.6 Å². The van der Waals surface area contributed by atoms with Crippen molar-refractivity contribution in [1.29, 1.82) is 0 Å². The van der Waals surface area contributed by atoms with Gasteiger partial charge < -0.3 is 24.4 Å². The molecule has 8 atom stereocenters. The number of unbranched alkanes of at least 4 members (excludes halogenated alkanes) is 1. The van der Waals surface area contributed by atoms with E-state index in [0.29, 0.717) is 25.8 Å². The first kappa shape index (κ1) is 28.9. The number of carbonyl (C=O) groups excluding carboxylic acids is 3. The van der Waals surface area contributed by atoms with Gasteiger partial charge in [-0.3, -0.25) is 14.4 Å². The third-order valence-electron chi connectivity index (χ3n) is 7.95. The fourth-order valence-corrected chi connectivity index (χ4v) is 7.22. The van der Waals surface area contributed by atoms with Crippen LogP contribution in [0, 0.1) is 11.8 Å². The van der Waals surface area contributed by atoms with E-state index >= 15 is 0 Å². The lowest BCUT2D eigenvalue weighted by Crippen LogP contribution is -2.60. The first-order valence-electron chi connectivity index (χ1n) is 13.2. The average molecular weight is 570 g/mol. The number of amides is 2. The fourth-order valence-electron chi connectivity index (χ4n) is 6.28. The number of ether oxygens (including phenoxy) is 2. The zero-order valence-corrected chi connectivity index (χ0v) is 23.3. The van der Waals surface area contributed by atoms with Gasteiger partial charge in [0, 0.05) is 17.4 Å². The van der Waals surface area contributed by atoms with Crippen LogP contribution in [-0.2, 0) is 23.9 Å². The predicted molar refractivity (Wildman–Crippen MR) is 140 cm³/mol. The van der Waals surface area contributed by atoms with E-state index in [9.17, 15) is 19.5 Å². The molecule has 3 heterocycles. The number of aliphatic hydroxyl groups excluding tert-OH is 1. The van der Waals surface area contributed by atoms with Crippen molar-refractivity contribution in [2.75, 3.05) is 19.8 Å². The van der Waals surface area contributed by atoms with Crippen LogP contribution in [0.4, 0.5) is 0 Å². The Kier molecular flexibility index (Phi) is 9.80. The fraction of sp³-hybridized carbons (Fsp3) is 0.741. The van der Waals surface area contributed by atoms with Crippen LogP contribution in [0.5, 0.6) is 0 Å². The maximum atomic E-state index is 14.3. The zero-order valence-electron chi connectivity index (χ0n) is 21.7. The summed E-state index contributed by atoms with van der Waals surface area (Å²) >= 11 is 3.67. The quantitative estimate of drug-likeness (QED) is 0.149. The number of hydrogen-bond donors (Lipinski definition) is 1. The van der Waals surface area contributed by atoms with Gasteiger partial charge in [0.2, 0.25) is 11.8 Å². The first-order valence-corrected chi connectivity index (χ1v) is 14.1. The predicted octanol–water partition coefficient (Wildman–Crippen LogP) is 3.22. The molecule has 2 bridgehead atoms. The van der Waals surface area contributed by atoms with Crippen LogP contribution in [0.3, 0.4) is 0 Å². The molecule has 3 aliphatic heterocycles. The lowest BCUT2D eigenvalue weighted by Gasteiger charge is -2.40. The molecule has 3 fully saturated rings. The number of fused-ring (bicyclic) bond motifs is 1. The number of alkyl halides is 1. The lowest BCUT2D eigenvalue weighted by molar-refractivity contribution is -0.157. The smallest absolute Gasteiger partial charge is 0.312 e. The van der Waals surface area contributed by atoms with Crippen molar-refractivity contribution in [2.45, 2.75) is 94.0 Å². The van der Waals surface area contributed by atoms with Crippen LogP contribution < -0.4 is 0 Å². The molecule has 0 aromatic carbocycles. The van der Waals surface area contributed by atoms with Gasteiger partial charge in [0.25, 0.3) is 0 Å². The minimum atomic E-state index is -1.16. The van der Waals surface area contributed by atoms with Gasteiger partial charge in [0.15, 0.2) is 0 Å². The van der Waals surface area contributed by atoms with E-state index in [0.717, 1.165) is 19.3 Å². The van der Waals surface area contributed by atoms with E-state index in [-0.39, 0.29) is 35.9 Å². The SMILES string of the molecule is C=CCCCOC(=O)[C@H]1[C@H]2C(=O)N([C@@H](CC)CO)C(C(=O)N(CC=C)C(C)CCC)C23CC(Br)[C@@H]1O3. The van der Waals surface area contributed by atoms with E-state index < -0.39 is 41.6 Å². The molecule has 0 aromatic heterocycles. The van der Waals surface area contributed by atoms with E-state index in [4.69, 9.17) is 9.47 Å². The Hall–Kier alpha value is -1.71. The van der Waals surface area contributed by atoms with Crippen LogP contribution in [0.15, 0.2) is 25.3 Å². The minimum absolute atomic E-state index is 0.0638. The summed E-state index contributed by atoms with van der Waals surface area (Å²) in [4.78, 5) is 44.7. The van der Waals surface area contributed by atoms with Gasteiger partial charge in [0.05, 0.1) is 37.2 Å². The molecule has 2 amide bonds. The Morgan fingerprint density at radius 2 is 2.08 bits per heavy atom. The molecule has 3 aliphatic rings. The Morgan fingerprint density at radius 1 is 1.36 bits per heavy atom. The van der Waals surface area contributed by atoms with Gasteiger partial charge in [-0.1, -0.05) is 48.4 Å². The molecular weight excluding hydrogens is 528 g/mol. The lowest BCUT2D eigenvalue weighted by atomic mass is 9.70. The maximum absolute atomic E-state index is 14.3. The van der Waals surface area contributed by atoms with Gasteiger partial charge in [-0.25, -0.2) is 0 Å². The summed E-state index contributed by atoms with van der Waals surface area (Å²) in [5.41, 5.74) is -1.16. The summed E-state index contributed by atoms with van der Waals surface area (Å²) < 4.78 is 12.1. The summed E-state index contributed by atoms with van der Waals surface area (Å²) in [7, 11) is 0. The highest BCUT2D eigenvalue weighted by Gasteiger charge is 2.77. The van der Waals surface area contributed by atoms with Gasteiger partial charge in [-0.15, -0.1) is 13.2 Å². The molecule has 3 saturated heterocycles. The highest BCUT2D eigenvalue weighted by atomic mass is 79.9. The molecule has 0 saturated carbocycles. The van der Waals surface area contributed by atoms with Crippen molar-refractivity contribution in [3.8, 4) is 0 Å². The van der Waals surface area contributed by atoms with Crippen LogP contribution in [-0.4, -0.2) is 87.1 Å². The number of esters is 1. The number of nitrogens with zero attached hydrogens (tertiary/aromatic N) is 2. The summed E-state index contributed by atoms with van der Waals surface area (Å²) in [5, 5.41) is 10.2. The van der Waals surface area contributed by atoms with Gasteiger partial charge in [-0.2, -0.15) is 0 Å². The standard InChI is InChI=1S/C27H41BrN2O6/c1-6-10-11-14-35-26(34)20-21-24(32)30(18(9-4)16-31)23(27(21)15-19(28)22(20)36-27)25(33)29(13-8-3)17(5)12-7-2/h6,8,17-23,31H,1,3,7,9-16H2,2,4-5H3/t17?,18-,19?,20-,21-,22-,23?,27?/m0/s1. The Balaban J connectivity index is 2.03. The summed E-state index contributed by atoms with van der Waals surface area (Å²) in [6.07, 6.45) is 6.87. The number of aliphatic hydroxyl groups is 1.